The van der Waals surface area contributed by atoms with E-state index in [-0.39, 0.29) is 12.5 Å². The third-order valence-electron chi connectivity index (χ3n) is 3.38. The summed E-state index contributed by atoms with van der Waals surface area (Å²) >= 11 is 3.01. The molecule has 31 heavy (non-hydrogen) atoms. The quantitative estimate of drug-likeness (QED) is 0.374. The van der Waals surface area contributed by atoms with Crippen molar-refractivity contribution < 1.29 is 29.3 Å². The molecule has 11 heteroatoms. The number of nitrogens with two attached hydrogens (primary N) is 1. The van der Waals surface area contributed by atoms with Gasteiger partial charge < -0.3 is 26.0 Å². The fourth-order valence-electron chi connectivity index (χ4n) is 2.06. The molecule has 162 valence electrons. The molecule has 0 aliphatic rings. The number of carboxylic acids is 2. The van der Waals surface area contributed by atoms with Gasteiger partial charge in [-0.1, -0.05) is 18.2 Å². The molecule has 0 aliphatic heterocycles. The Morgan fingerprint density at radius 1 is 1.06 bits per heavy atom. The van der Waals surface area contributed by atoms with Crippen molar-refractivity contribution in [2.75, 3.05) is 12.3 Å². The van der Waals surface area contributed by atoms with Crippen LogP contribution in [0.15, 0.2) is 60.0 Å². The number of nitrogens with one attached hydrogen (secondary N) is 1. The molecule has 9 nitrogen and oxygen atoms in total. The minimum absolute atomic E-state index is 0.00483. The van der Waals surface area contributed by atoms with Crippen LogP contribution < -0.4 is 15.8 Å². The van der Waals surface area contributed by atoms with Gasteiger partial charge in [-0.2, -0.15) is 0 Å². The van der Waals surface area contributed by atoms with E-state index < -0.39 is 11.9 Å². The summed E-state index contributed by atoms with van der Waals surface area (Å²) in [6.45, 7) is 0.478. The molecule has 1 aromatic carbocycles. The molecule has 2 heterocycles. The number of carbonyl (C=O) groups excluding carboxylic acids is 1. The number of thiazole rings is 1. The summed E-state index contributed by atoms with van der Waals surface area (Å²) in [5.41, 5.74) is 6.52. The number of aliphatic carboxylic acids is 2. The van der Waals surface area contributed by atoms with Gasteiger partial charge in [0.25, 0.3) is 5.91 Å². The number of amides is 1. The van der Waals surface area contributed by atoms with E-state index in [9.17, 15) is 14.4 Å². The molecule has 0 radical (unpaired) electrons. The molecular weight excluding hydrogens is 442 g/mol. The summed E-state index contributed by atoms with van der Waals surface area (Å²) in [6.07, 6.45) is 1.12. The number of rotatable bonds is 8. The minimum atomic E-state index is -1.26. The summed E-state index contributed by atoms with van der Waals surface area (Å²) in [5, 5.41) is 21.0. The molecule has 0 saturated carbocycles. The number of ether oxygens (including phenoxy) is 1. The summed E-state index contributed by atoms with van der Waals surface area (Å²) < 4.78 is 5.40. The highest BCUT2D eigenvalue weighted by molar-refractivity contribution is 7.16. The molecule has 0 aliphatic carbocycles. The molecule has 2 aromatic heterocycles. The van der Waals surface area contributed by atoms with Gasteiger partial charge in [0.1, 0.15) is 5.75 Å². The van der Waals surface area contributed by atoms with Crippen molar-refractivity contribution in [3.8, 4) is 16.3 Å². The van der Waals surface area contributed by atoms with Gasteiger partial charge >= 0.3 is 11.9 Å². The van der Waals surface area contributed by atoms with Crippen LogP contribution >= 0.6 is 22.7 Å². The monoisotopic (exact) mass is 461 g/mol. The highest BCUT2D eigenvalue weighted by Gasteiger charge is 2.08. The molecule has 0 saturated heterocycles. The number of hydrogen-bond acceptors (Lipinski definition) is 8. The zero-order valence-corrected chi connectivity index (χ0v) is 17.7. The van der Waals surface area contributed by atoms with Gasteiger partial charge in [0.15, 0.2) is 11.7 Å². The molecule has 5 N–H and O–H groups in total. The van der Waals surface area contributed by atoms with Crippen LogP contribution in [0.4, 0.5) is 5.13 Å². The molecule has 1 amide bonds. The smallest absolute Gasteiger partial charge is 0.328 e. The number of benzene rings is 1. The van der Waals surface area contributed by atoms with Crippen molar-refractivity contribution in [2.45, 2.75) is 6.54 Å². The molecule has 0 fully saturated rings. The van der Waals surface area contributed by atoms with Gasteiger partial charge in [0, 0.05) is 22.4 Å². The first kappa shape index (κ1) is 23.6. The molecular formula is C20H19N3O6S2. The Labute approximate surface area is 185 Å². The number of hydrogen-bond donors (Lipinski definition) is 4. The second-order valence-electron chi connectivity index (χ2n) is 5.73. The van der Waals surface area contributed by atoms with E-state index >= 15 is 0 Å². The Morgan fingerprint density at radius 3 is 2.32 bits per heavy atom. The fourth-order valence-corrected chi connectivity index (χ4v) is 3.60. The number of carboxylic acid groups (broad SMARTS) is 2. The SMILES string of the molecule is Nc1nc(-c2ccc(CNC(=O)COc3ccccc3)s2)cs1.O=C(O)/C=C\C(=O)O. The number of anilines is 1. The lowest BCUT2D eigenvalue weighted by atomic mass is 10.3. The van der Waals surface area contributed by atoms with E-state index in [0.717, 1.165) is 15.4 Å². The van der Waals surface area contributed by atoms with Crippen molar-refractivity contribution in [3.05, 3.63) is 64.9 Å². The summed E-state index contributed by atoms with van der Waals surface area (Å²) in [6, 6.07) is 13.2. The van der Waals surface area contributed by atoms with Gasteiger partial charge in [-0.05, 0) is 24.3 Å². The van der Waals surface area contributed by atoms with E-state index in [1.807, 2.05) is 47.8 Å². The maximum absolute atomic E-state index is 11.8. The van der Waals surface area contributed by atoms with Crippen molar-refractivity contribution >= 4 is 45.7 Å². The Bertz CT molecular complexity index is 1030. The van der Waals surface area contributed by atoms with Crippen molar-refractivity contribution in [2.24, 2.45) is 0 Å². The fraction of sp³-hybridized carbons (Fsp3) is 0.100. The van der Waals surface area contributed by atoms with Crippen LogP contribution in [0.2, 0.25) is 0 Å². The third-order valence-corrected chi connectivity index (χ3v) is 5.16. The van der Waals surface area contributed by atoms with Crippen LogP contribution in [0.5, 0.6) is 5.75 Å². The zero-order valence-electron chi connectivity index (χ0n) is 16.1. The van der Waals surface area contributed by atoms with Gasteiger partial charge in [0.05, 0.1) is 17.1 Å². The lowest BCUT2D eigenvalue weighted by Gasteiger charge is -2.06. The summed E-state index contributed by atoms with van der Waals surface area (Å²) in [5.74, 6) is -1.98. The highest BCUT2D eigenvalue weighted by atomic mass is 32.1. The van der Waals surface area contributed by atoms with E-state index in [1.54, 1.807) is 11.3 Å². The Kier molecular flexibility index (Phi) is 9.20. The first-order valence-electron chi connectivity index (χ1n) is 8.72. The van der Waals surface area contributed by atoms with E-state index in [0.29, 0.717) is 29.6 Å². The van der Waals surface area contributed by atoms with Crippen LogP contribution in [0, 0.1) is 0 Å². The maximum Gasteiger partial charge on any atom is 0.328 e. The van der Waals surface area contributed by atoms with E-state index in [1.165, 1.54) is 11.3 Å². The average molecular weight is 462 g/mol. The number of carbonyl (C=O) groups is 3. The molecule has 0 spiro atoms. The maximum atomic E-state index is 11.8. The third kappa shape index (κ3) is 9.10. The second-order valence-corrected chi connectivity index (χ2v) is 7.78. The Hall–Kier alpha value is -3.70. The molecule has 3 rings (SSSR count). The van der Waals surface area contributed by atoms with E-state index in [4.69, 9.17) is 20.7 Å². The normalized spacial score (nSPS) is 10.2. The predicted molar refractivity (Wildman–Crippen MR) is 118 cm³/mol. The van der Waals surface area contributed by atoms with E-state index in [2.05, 4.69) is 10.3 Å². The Morgan fingerprint density at radius 2 is 1.74 bits per heavy atom. The number of nitrogen functional groups attached to an aromatic ring is 1. The standard InChI is InChI=1S/C16H15N3O2S2.C4H4O4/c17-16-19-13(10-22-16)14-7-6-12(23-14)8-18-15(20)9-21-11-4-2-1-3-5-11;5-3(6)1-2-4(7)8/h1-7,10H,8-9H2,(H2,17,19)(H,18,20);1-2H,(H,5,6)(H,7,8)/b;2-1-. The lowest BCUT2D eigenvalue weighted by molar-refractivity contribution is -0.134. The molecule has 3 aromatic rings. The van der Waals surface area contributed by atoms with Crippen LogP contribution in [0.25, 0.3) is 10.6 Å². The second kappa shape index (κ2) is 12.1. The van der Waals surface area contributed by atoms with Crippen LogP contribution in [0.1, 0.15) is 4.88 Å². The first-order valence-corrected chi connectivity index (χ1v) is 10.4. The molecule has 0 atom stereocenters. The first-order chi connectivity index (χ1) is 14.8. The van der Waals surface area contributed by atoms with Crippen LogP contribution in [-0.4, -0.2) is 39.6 Å². The largest absolute Gasteiger partial charge is 0.484 e. The minimum Gasteiger partial charge on any atom is -0.484 e. The predicted octanol–water partition coefficient (Wildman–Crippen LogP) is 2.86. The van der Waals surface area contributed by atoms with Crippen molar-refractivity contribution in [1.29, 1.82) is 0 Å². The number of thiophene rings is 1. The average Bonchev–Trinajstić information content (AvgIpc) is 3.39. The summed E-state index contributed by atoms with van der Waals surface area (Å²) in [4.78, 5) is 37.3. The number of nitrogens with zero attached hydrogens (tertiary/aromatic N) is 1. The Balaban J connectivity index is 0.000000366. The highest BCUT2D eigenvalue weighted by Crippen LogP contribution is 2.29. The van der Waals surface area contributed by atoms with Gasteiger partial charge in [-0.3, -0.25) is 4.79 Å². The van der Waals surface area contributed by atoms with Gasteiger partial charge in [0.2, 0.25) is 0 Å². The summed E-state index contributed by atoms with van der Waals surface area (Å²) in [7, 11) is 0. The van der Waals surface area contributed by atoms with Crippen molar-refractivity contribution in [1.82, 2.24) is 10.3 Å². The van der Waals surface area contributed by atoms with Crippen LogP contribution in [0.3, 0.4) is 0 Å². The topological polar surface area (TPSA) is 152 Å². The van der Waals surface area contributed by atoms with Crippen molar-refractivity contribution in [3.63, 3.8) is 0 Å². The van der Waals surface area contributed by atoms with Gasteiger partial charge in [-0.25, -0.2) is 14.6 Å². The van der Waals surface area contributed by atoms with Gasteiger partial charge in [-0.15, -0.1) is 22.7 Å². The molecule has 0 unspecified atom stereocenters. The van der Waals surface area contributed by atoms with Crippen LogP contribution in [-0.2, 0) is 20.9 Å². The molecule has 0 bridgehead atoms. The number of para-hydroxylation sites is 1. The zero-order chi connectivity index (χ0) is 22.6. The lowest BCUT2D eigenvalue weighted by Crippen LogP contribution is -2.28. The number of aromatic nitrogens is 1.